The number of methoxy groups -OCH3 is 1. The molecule has 2 rings (SSSR count). The molecule has 0 aliphatic rings. The Morgan fingerprint density at radius 2 is 2.41 bits per heavy atom. The van der Waals surface area contributed by atoms with E-state index in [1.165, 1.54) is 11.8 Å². The van der Waals surface area contributed by atoms with Crippen molar-refractivity contribution in [1.29, 1.82) is 0 Å². The Balaban J connectivity index is 2.11. The number of ether oxygens (including phenoxy) is 1. The van der Waals surface area contributed by atoms with Crippen LogP contribution in [0.3, 0.4) is 0 Å². The molecule has 17 heavy (non-hydrogen) atoms. The summed E-state index contributed by atoms with van der Waals surface area (Å²) in [5.41, 5.74) is 1.40. The maximum atomic E-state index is 10.4. The number of carbonyl (C=O) groups is 1. The summed E-state index contributed by atoms with van der Waals surface area (Å²) in [7, 11) is 1.59. The summed E-state index contributed by atoms with van der Waals surface area (Å²) < 4.78 is 10.5. The third-order valence-electron chi connectivity index (χ3n) is 2.09. The van der Waals surface area contributed by atoms with Gasteiger partial charge in [0.25, 0.3) is 0 Å². The Hall–Kier alpha value is -1.69. The van der Waals surface area contributed by atoms with E-state index in [4.69, 9.17) is 14.3 Å². The lowest BCUT2D eigenvalue weighted by Gasteiger charge is -1.95. The fourth-order valence-corrected chi connectivity index (χ4v) is 1.94. The molecule has 6 heteroatoms. The highest BCUT2D eigenvalue weighted by Gasteiger charge is 2.07. The van der Waals surface area contributed by atoms with Crippen molar-refractivity contribution >= 4 is 28.8 Å². The lowest BCUT2D eigenvalue weighted by Crippen LogP contribution is -1.98. The molecule has 1 aromatic carbocycles. The van der Waals surface area contributed by atoms with Crippen molar-refractivity contribution in [2.75, 3.05) is 12.9 Å². The van der Waals surface area contributed by atoms with Gasteiger partial charge in [-0.1, -0.05) is 0 Å². The van der Waals surface area contributed by atoms with Crippen molar-refractivity contribution < 1.29 is 19.1 Å². The van der Waals surface area contributed by atoms with E-state index in [1.807, 2.05) is 0 Å². The minimum absolute atomic E-state index is 0.0437. The zero-order chi connectivity index (χ0) is 12.3. The molecule has 0 bridgehead atoms. The van der Waals surface area contributed by atoms with Crippen LogP contribution in [0.25, 0.3) is 11.1 Å². The number of aromatic nitrogens is 1. The highest BCUT2D eigenvalue weighted by Crippen LogP contribution is 2.23. The lowest BCUT2D eigenvalue weighted by atomic mass is 10.3. The first-order valence-electron chi connectivity index (χ1n) is 4.92. The Kier molecular flexibility index (Phi) is 3.53. The molecule has 1 aromatic heterocycles. The third-order valence-corrected chi connectivity index (χ3v) is 2.99. The summed E-state index contributed by atoms with van der Waals surface area (Å²) in [5, 5.41) is 8.51. The zero-order valence-electron chi connectivity index (χ0n) is 9.17. The largest absolute Gasteiger partial charge is 0.497 e. The minimum Gasteiger partial charge on any atom is -0.497 e. The van der Waals surface area contributed by atoms with Crippen LogP contribution < -0.4 is 4.74 Å². The maximum absolute atomic E-state index is 10.4. The molecule has 0 saturated heterocycles. The number of aliphatic carboxylic acids is 1. The number of benzene rings is 1. The molecule has 0 fully saturated rings. The fraction of sp³-hybridized carbons (Fsp3) is 0.273. The molecule has 0 radical (unpaired) electrons. The smallest absolute Gasteiger partial charge is 0.313 e. The minimum atomic E-state index is -0.840. The SMILES string of the molecule is COc1ccc2oc(CSCC(=O)O)nc2c1. The van der Waals surface area contributed by atoms with Gasteiger partial charge in [0.1, 0.15) is 11.3 Å². The van der Waals surface area contributed by atoms with Gasteiger partial charge in [-0.15, -0.1) is 11.8 Å². The van der Waals surface area contributed by atoms with Crippen LogP contribution in [-0.4, -0.2) is 28.9 Å². The van der Waals surface area contributed by atoms with Gasteiger partial charge in [0.2, 0.25) is 5.89 Å². The van der Waals surface area contributed by atoms with Crippen LogP contribution in [0.2, 0.25) is 0 Å². The van der Waals surface area contributed by atoms with Crippen molar-refractivity contribution in [1.82, 2.24) is 4.98 Å². The number of carboxylic acid groups (broad SMARTS) is 1. The number of carboxylic acids is 1. The van der Waals surface area contributed by atoms with E-state index in [-0.39, 0.29) is 5.75 Å². The Morgan fingerprint density at radius 3 is 3.12 bits per heavy atom. The van der Waals surface area contributed by atoms with Crippen LogP contribution >= 0.6 is 11.8 Å². The standard InChI is InChI=1S/C11H11NO4S/c1-15-7-2-3-9-8(4-7)12-10(16-9)5-17-6-11(13)14/h2-4H,5-6H2,1H3,(H,13,14). The summed E-state index contributed by atoms with van der Waals surface area (Å²) in [6, 6.07) is 5.36. The van der Waals surface area contributed by atoms with E-state index < -0.39 is 5.97 Å². The molecule has 90 valence electrons. The molecule has 5 nitrogen and oxygen atoms in total. The van der Waals surface area contributed by atoms with Gasteiger partial charge in [0.05, 0.1) is 18.6 Å². The third kappa shape index (κ3) is 2.91. The molecule has 0 amide bonds. The lowest BCUT2D eigenvalue weighted by molar-refractivity contribution is -0.133. The van der Waals surface area contributed by atoms with Crippen LogP contribution in [0.4, 0.5) is 0 Å². The fourth-order valence-electron chi connectivity index (χ4n) is 1.37. The second-order valence-corrected chi connectivity index (χ2v) is 4.31. The molecule has 1 heterocycles. The number of hydrogen-bond donors (Lipinski definition) is 1. The van der Waals surface area contributed by atoms with E-state index in [0.717, 1.165) is 11.3 Å². The van der Waals surface area contributed by atoms with Crippen LogP contribution in [0.5, 0.6) is 5.75 Å². The van der Waals surface area contributed by atoms with Crippen LogP contribution in [0, 0.1) is 0 Å². The van der Waals surface area contributed by atoms with Gasteiger partial charge in [-0.3, -0.25) is 4.79 Å². The molecular weight excluding hydrogens is 242 g/mol. The van der Waals surface area contributed by atoms with Crippen LogP contribution in [0.1, 0.15) is 5.89 Å². The van der Waals surface area contributed by atoms with Crippen molar-refractivity contribution in [2.45, 2.75) is 5.75 Å². The van der Waals surface area contributed by atoms with E-state index in [9.17, 15) is 4.79 Å². The van der Waals surface area contributed by atoms with E-state index >= 15 is 0 Å². The van der Waals surface area contributed by atoms with Gasteiger partial charge in [-0.2, -0.15) is 0 Å². The second kappa shape index (κ2) is 5.09. The van der Waals surface area contributed by atoms with Crippen molar-refractivity contribution in [3.05, 3.63) is 24.1 Å². The summed E-state index contributed by atoms with van der Waals surface area (Å²) in [5.74, 6) is 0.897. The molecule has 0 aliphatic heterocycles. The maximum Gasteiger partial charge on any atom is 0.313 e. The summed E-state index contributed by atoms with van der Waals surface area (Å²) in [6.45, 7) is 0. The molecule has 1 N–H and O–H groups in total. The number of thioether (sulfide) groups is 1. The molecule has 0 atom stereocenters. The average Bonchev–Trinajstić information content (AvgIpc) is 2.69. The number of oxazole rings is 1. The van der Waals surface area contributed by atoms with Gasteiger partial charge in [0, 0.05) is 6.07 Å². The average molecular weight is 253 g/mol. The van der Waals surface area contributed by atoms with Crippen molar-refractivity contribution in [2.24, 2.45) is 0 Å². The first kappa shape index (κ1) is 11.8. The Labute approximate surface area is 102 Å². The predicted molar refractivity (Wildman–Crippen MR) is 64.4 cm³/mol. The second-order valence-electron chi connectivity index (χ2n) is 3.33. The zero-order valence-corrected chi connectivity index (χ0v) is 9.99. The number of hydrogen-bond acceptors (Lipinski definition) is 5. The molecule has 0 aliphatic carbocycles. The molecule has 0 spiro atoms. The van der Waals surface area contributed by atoms with Gasteiger partial charge >= 0.3 is 5.97 Å². The van der Waals surface area contributed by atoms with Crippen molar-refractivity contribution in [3.63, 3.8) is 0 Å². The number of fused-ring (bicyclic) bond motifs is 1. The molecule has 0 unspecified atom stereocenters. The summed E-state index contributed by atoms with van der Waals surface area (Å²) >= 11 is 1.25. The Bertz CT molecular complexity index is 537. The number of nitrogens with zero attached hydrogens (tertiary/aromatic N) is 1. The predicted octanol–water partition coefficient (Wildman–Crippen LogP) is 2.15. The normalized spacial score (nSPS) is 10.6. The first-order chi connectivity index (χ1) is 8.19. The topological polar surface area (TPSA) is 72.6 Å². The molecular formula is C11H11NO4S. The van der Waals surface area contributed by atoms with Crippen LogP contribution in [-0.2, 0) is 10.5 Å². The summed E-state index contributed by atoms with van der Waals surface area (Å²) in [4.78, 5) is 14.6. The molecule has 2 aromatic rings. The highest BCUT2D eigenvalue weighted by molar-refractivity contribution is 7.99. The first-order valence-corrected chi connectivity index (χ1v) is 6.07. The van der Waals surface area contributed by atoms with Crippen LogP contribution in [0.15, 0.2) is 22.6 Å². The van der Waals surface area contributed by atoms with Gasteiger partial charge in [-0.05, 0) is 12.1 Å². The van der Waals surface area contributed by atoms with Gasteiger partial charge in [0.15, 0.2) is 5.58 Å². The molecule has 0 saturated carbocycles. The monoisotopic (exact) mass is 253 g/mol. The van der Waals surface area contributed by atoms with E-state index in [1.54, 1.807) is 25.3 Å². The van der Waals surface area contributed by atoms with E-state index in [0.29, 0.717) is 17.2 Å². The highest BCUT2D eigenvalue weighted by atomic mass is 32.2. The van der Waals surface area contributed by atoms with Crippen molar-refractivity contribution in [3.8, 4) is 5.75 Å². The Morgan fingerprint density at radius 1 is 1.59 bits per heavy atom. The van der Waals surface area contributed by atoms with E-state index in [2.05, 4.69) is 4.98 Å². The summed E-state index contributed by atoms with van der Waals surface area (Å²) in [6.07, 6.45) is 0. The quantitative estimate of drug-likeness (QED) is 0.880. The van der Waals surface area contributed by atoms with Gasteiger partial charge in [-0.25, -0.2) is 4.98 Å². The number of rotatable bonds is 5. The van der Waals surface area contributed by atoms with Gasteiger partial charge < -0.3 is 14.3 Å².